The molecule has 0 radical (unpaired) electrons. The maximum absolute atomic E-state index is 10.9. The van der Waals surface area contributed by atoms with Crippen LogP contribution in [0.4, 0.5) is 0 Å². The Labute approximate surface area is 97.0 Å². The summed E-state index contributed by atoms with van der Waals surface area (Å²) < 4.78 is 0.948. The van der Waals surface area contributed by atoms with Gasteiger partial charge >= 0.3 is 5.97 Å². The Bertz CT molecular complexity index is 473. The normalized spacial score (nSPS) is 10.4. The van der Waals surface area contributed by atoms with E-state index in [2.05, 4.69) is 15.9 Å². The monoisotopic (exact) mass is 288 g/mol. The molecular formula is C9H5BrO2S2. The third-order valence-corrected chi connectivity index (χ3v) is 4.49. The average Bonchev–Trinajstić information content (AvgIpc) is 2.70. The molecule has 0 unspecified atom stereocenters. The molecule has 0 fully saturated rings. The van der Waals surface area contributed by atoms with E-state index in [9.17, 15) is 4.79 Å². The van der Waals surface area contributed by atoms with Gasteiger partial charge in [-0.3, -0.25) is 0 Å². The summed E-state index contributed by atoms with van der Waals surface area (Å²) in [4.78, 5) is 12.3. The third kappa shape index (κ3) is 1.63. The van der Waals surface area contributed by atoms with Crippen molar-refractivity contribution in [2.45, 2.75) is 0 Å². The lowest BCUT2D eigenvalue weighted by molar-refractivity contribution is 0.0703. The summed E-state index contributed by atoms with van der Waals surface area (Å²) >= 11 is 6.18. The Hall–Kier alpha value is -0.650. The number of rotatable bonds is 2. The van der Waals surface area contributed by atoms with Gasteiger partial charge in [-0.15, -0.1) is 22.7 Å². The molecule has 72 valence electrons. The van der Waals surface area contributed by atoms with Crippen LogP contribution in [0, 0.1) is 0 Å². The van der Waals surface area contributed by atoms with Crippen LogP contribution >= 0.6 is 38.6 Å². The zero-order chi connectivity index (χ0) is 10.1. The molecule has 2 rings (SSSR count). The van der Waals surface area contributed by atoms with Gasteiger partial charge in [-0.05, 0) is 38.8 Å². The van der Waals surface area contributed by atoms with E-state index in [4.69, 9.17) is 5.11 Å². The van der Waals surface area contributed by atoms with Gasteiger partial charge in [0.25, 0.3) is 0 Å². The summed E-state index contributed by atoms with van der Waals surface area (Å²) in [6, 6.07) is 3.76. The minimum atomic E-state index is -0.865. The van der Waals surface area contributed by atoms with E-state index >= 15 is 0 Å². The Morgan fingerprint density at radius 1 is 1.29 bits per heavy atom. The molecule has 5 heteroatoms. The summed E-state index contributed by atoms with van der Waals surface area (Å²) in [7, 11) is 0. The number of hydrogen-bond donors (Lipinski definition) is 1. The number of carbonyl (C=O) groups is 1. The lowest BCUT2D eigenvalue weighted by atomic mass is 10.2. The molecule has 0 atom stereocenters. The van der Waals surface area contributed by atoms with Crippen LogP contribution in [0.15, 0.2) is 27.4 Å². The molecule has 2 heterocycles. The van der Waals surface area contributed by atoms with Crippen molar-refractivity contribution in [3.63, 3.8) is 0 Å². The van der Waals surface area contributed by atoms with Crippen LogP contribution in [-0.2, 0) is 0 Å². The zero-order valence-electron chi connectivity index (χ0n) is 6.86. The van der Waals surface area contributed by atoms with Crippen molar-refractivity contribution in [2.75, 3.05) is 0 Å². The summed E-state index contributed by atoms with van der Waals surface area (Å²) in [6.07, 6.45) is 0. The first kappa shape index (κ1) is 9.89. The highest BCUT2D eigenvalue weighted by Crippen LogP contribution is 2.37. The van der Waals surface area contributed by atoms with Crippen molar-refractivity contribution in [2.24, 2.45) is 0 Å². The van der Waals surface area contributed by atoms with Gasteiger partial charge in [-0.2, -0.15) is 0 Å². The molecule has 0 amide bonds. The Kier molecular flexibility index (Phi) is 2.71. The van der Waals surface area contributed by atoms with Gasteiger partial charge in [0.05, 0.1) is 4.88 Å². The summed E-state index contributed by atoms with van der Waals surface area (Å²) in [5, 5.41) is 12.7. The Morgan fingerprint density at radius 3 is 2.57 bits per heavy atom. The van der Waals surface area contributed by atoms with E-state index < -0.39 is 5.97 Å². The molecule has 1 N–H and O–H groups in total. The zero-order valence-corrected chi connectivity index (χ0v) is 10.1. The fourth-order valence-corrected chi connectivity index (χ4v) is 3.56. The maximum Gasteiger partial charge on any atom is 0.346 e. The molecule has 2 nitrogen and oxygen atoms in total. The van der Waals surface area contributed by atoms with Crippen LogP contribution in [0.3, 0.4) is 0 Å². The highest BCUT2D eigenvalue weighted by molar-refractivity contribution is 9.10. The van der Waals surface area contributed by atoms with Gasteiger partial charge < -0.3 is 5.11 Å². The smallest absolute Gasteiger partial charge is 0.346 e. The minimum Gasteiger partial charge on any atom is -0.477 e. The first-order chi connectivity index (χ1) is 6.70. The van der Waals surface area contributed by atoms with Crippen LogP contribution < -0.4 is 0 Å². The Balaban J connectivity index is 2.57. The quantitative estimate of drug-likeness (QED) is 0.909. The topological polar surface area (TPSA) is 37.3 Å². The lowest BCUT2D eigenvalue weighted by Gasteiger charge is -1.96. The second kappa shape index (κ2) is 3.84. The molecule has 0 aromatic carbocycles. The summed E-state index contributed by atoms with van der Waals surface area (Å²) in [6.45, 7) is 0. The third-order valence-electron chi connectivity index (χ3n) is 1.72. The molecule has 0 saturated carbocycles. The van der Waals surface area contributed by atoms with Crippen molar-refractivity contribution in [3.05, 3.63) is 32.2 Å². The molecule has 14 heavy (non-hydrogen) atoms. The maximum atomic E-state index is 10.9. The molecule has 2 aromatic rings. The van der Waals surface area contributed by atoms with Gasteiger partial charge in [-0.25, -0.2) is 4.79 Å². The molecule has 0 aliphatic carbocycles. The molecular weight excluding hydrogens is 284 g/mol. The van der Waals surface area contributed by atoms with E-state index in [1.165, 1.54) is 22.7 Å². The fraction of sp³-hybridized carbons (Fsp3) is 0. The van der Waals surface area contributed by atoms with Crippen molar-refractivity contribution in [1.29, 1.82) is 0 Å². The number of carboxylic acid groups (broad SMARTS) is 1. The van der Waals surface area contributed by atoms with E-state index in [0.717, 1.165) is 14.9 Å². The lowest BCUT2D eigenvalue weighted by Crippen LogP contribution is -1.93. The largest absolute Gasteiger partial charge is 0.477 e. The van der Waals surface area contributed by atoms with E-state index in [-0.39, 0.29) is 0 Å². The van der Waals surface area contributed by atoms with Gasteiger partial charge in [0.15, 0.2) is 0 Å². The first-order valence-corrected chi connectivity index (χ1v) is 6.29. The fourth-order valence-electron chi connectivity index (χ4n) is 1.14. The highest BCUT2D eigenvalue weighted by atomic mass is 79.9. The van der Waals surface area contributed by atoms with Crippen LogP contribution in [0.2, 0.25) is 0 Å². The molecule has 0 aliphatic rings. The number of thiophene rings is 2. The molecule has 0 bridgehead atoms. The van der Waals surface area contributed by atoms with E-state index in [0.29, 0.717) is 4.88 Å². The number of carboxylic acids is 1. The van der Waals surface area contributed by atoms with Crippen molar-refractivity contribution < 1.29 is 9.90 Å². The predicted molar refractivity (Wildman–Crippen MR) is 62.3 cm³/mol. The van der Waals surface area contributed by atoms with Gasteiger partial charge in [0, 0.05) is 10.0 Å². The molecule has 2 aromatic heterocycles. The van der Waals surface area contributed by atoms with Crippen LogP contribution in [-0.4, -0.2) is 11.1 Å². The van der Waals surface area contributed by atoms with Crippen LogP contribution in [0.1, 0.15) is 9.67 Å². The van der Waals surface area contributed by atoms with Gasteiger partial charge in [-0.1, -0.05) is 0 Å². The number of halogens is 1. The molecule has 0 saturated heterocycles. The van der Waals surface area contributed by atoms with Crippen molar-refractivity contribution in [3.8, 4) is 10.4 Å². The molecule has 0 aliphatic heterocycles. The average molecular weight is 289 g/mol. The summed E-state index contributed by atoms with van der Waals surface area (Å²) in [5.41, 5.74) is 0.796. The molecule has 0 spiro atoms. The SMILES string of the molecule is O=C(O)c1sccc1-c1sccc1Br. The van der Waals surface area contributed by atoms with E-state index in [1.54, 1.807) is 5.38 Å². The van der Waals surface area contributed by atoms with Gasteiger partial charge in [0.1, 0.15) is 4.88 Å². The van der Waals surface area contributed by atoms with E-state index in [1.807, 2.05) is 17.5 Å². The highest BCUT2D eigenvalue weighted by Gasteiger charge is 2.15. The second-order valence-electron chi connectivity index (χ2n) is 2.57. The first-order valence-electron chi connectivity index (χ1n) is 3.74. The van der Waals surface area contributed by atoms with Crippen molar-refractivity contribution >= 4 is 44.6 Å². The van der Waals surface area contributed by atoms with Crippen molar-refractivity contribution in [1.82, 2.24) is 0 Å². The minimum absolute atomic E-state index is 0.396. The standard InChI is InChI=1S/C9H5BrO2S2/c10-6-2-4-13-7(6)5-1-3-14-8(5)9(11)12/h1-4H,(H,11,12). The summed E-state index contributed by atoms with van der Waals surface area (Å²) in [5.74, 6) is -0.865. The van der Waals surface area contributed by atoms with Crippen LogP contribution in [0.25, 0.3) is 10.4 Å². The Morgan fingerprint density at radius 2 is 2.00 bits per heavy atom. The van der Waals surface area contributed by atoms with Gasteiger partial charge in [0.2, 0.25) is 0 Å². The van der Waals surface area contributed by atoms with Crippen LogP contribution in [0.5, 0.6) is 0 Å². The number of aromatic carboxylic acids is 1. The number of hydrogen-bond acceptors (Lipinski definition) is 3. The second-order valence-corrected chi connectivity index (χ2v) is 5.25. The predicted octanol–water partition coefficient (Wildman–Crippen LogP) is 3.94.